The number of carbonyl (C=O) groups is 1. The molecular formula is C13H17NO2. The molecule has 1 aliphatic carbocycles. The van der Waals surface area contributed by atoms with Crippen LogP contribution in [0.1, 0.15) is 30.4 Å². The molecule has 86 valence electrons. The second-order valence-electron chi connectivity index (χ2n) is 4.21. The molecule has 3 heteroatoms. The summed E-state index contributed by atoms with van der Waals surface area (Å²) in [6.45, 7) is -0.100. The number of carbonyl (C=O) groups excluding carboxylic acids is 1. The fraction of sp³-hybridized carbons (Fsp3) is 0.462. The lowest BCUT2D eigenvalue weighted by Gasteiger charge is -2.16. The van der Waals surface area contributed by atoms with Crippen LogP contribution in [0.5, 0.6) is 0 Å². The summed E-state index contributed by atoms with van der Waals surface area (Å²) < 4.78 is 0. The van der Waals surface area contributed by atoms with Crippen molar-refractivity contribution in [3.63, 3.8) is 0 Å². The lowest BCUT2D eigenvalue weighted by molar-refractivity contribution is -0.116. The molecule has 2 rings (SSSR count). The van der Waals surface area contributed by atoms with Gasteiger partial charge >= 0.3 is 0 Å². The Kier molecular flexibility index (Phi) is 3.57. The molecular weight excluding hydrogens is 202 g/mol. The first-order chi connectivity index (χ1) is 7.79. The number of rotatable bonds is 3. The van der Waals surface area contributed by atoms with E-state index in [0.29, 0.717) is 0 Å². The molecule has 3 nitrogen and oxygen atoms in total. The highest BCUT2D eigenvalue weighted by Gasteiger charge is 2.10. The summed E-state index contributed by atoms with van der Waals surface area (Å²) >= 11 is 0. The SMILES string of the molecule is O=C(CCO)Nc1ccc2c(c1)CCCC2. The molecule has 2 N–H and O–H groups in total. The molecule has 0 heterocycles. The third-order valence-electron chi connectivity index (χ3n) is 2.97. The molecule has 0 spiro atoms. The Labute approximate surface area is 95.5 Å². The first-order valence-corrected chi connectivity index (χ1v) is 5.82. The zero-order valence-corrected chi connectivity index (χ0v) is 9.33. The Balaban J connectivity index is 2.08. The molecule has 0 saturated carbocycles. The van der Waals surface area contributed by atoms with Crippen LogP contribution in [0.3, 0.4) is 0 Å². The first kappa shape index (κ1) is 11.1. The molecule has 1 aromatic carbocycles. The Bertz CT molecular complexity index is 388. The van der Waals surface area contributed by atoms with E-state index in [4.69, 9.17) is 5.11 Å². The van der Waals surface area contributed by atoms with Crippen molar-refractivity contribution < 1.29 is 9.90 Å². The number of fused-ring (bicyclic) bond motifs is 1. The van der Waals surface area contributed by atoms with Gasteiger partial charge < -0.3 is 10.4 Å². The van der Waals surface area contributed by atoms with E-state index in [9.17, 15) is 4.79 Å². The van der Waals surface area contributed by atoms with Gasteiger partial charge in [0.2, 0.25) is 5.91 Å². The van der Waals surface area contributed by atoms with Gasteiger partial charge in [-0.3, -0.25) is 4.79 Å². The van der Waals surface area contributed by atoms with E-state index in [-0.39, 0.29) is 18.9 Å². The van der Waals surface area contributed by atoms with Crippen LogP contribution in [0, 0.1) is 0 Å². The van der Waals surface area contributed by atoms with Crippen molar-refractivity contribution in [2.45, 2.75) is 32.1 Å². The third kappa shape index (κ3) is 2.61. The van der Waals surface area contributed by atoms with Crippen LogP contribution in [-0.4, -0.2) is 17.6 Å². The van der Waals surface area contributed by atoms with E-state index in [0.717, 1.165) is 18.5 Å². The second-order valence-corrected chi connectivity index (χ2v) is 4.21. The number of nitrogens with one attached hydrogen (secondary N) is 1. The van der Waals surface area contributed by atoms with Gasteiger partial charge in [0, 0.05) is 5.69 Å². The number of amides is 1. The molecule has 16 heavy (non-hydrogen) atoms. The van der Waals surface area contributed by atoms with Crippen LogP contribution in [0.2, 0.25) is 0 Å². The van der Waals surface area contributed by atoms with Gasteiger partial charge in [0.1, 0.15) is 0 Å². The van der Waals surface area contributed by atoms with Crippen molar-refractivity contribution in [3.8, 4) is 0 Å². The summed E-state index contributed by atoms with van der Waals surface area (Å²) in [6.07, 6.45) is 4.93. The maximum atomic E-state index is 11.3. The van der Waals surface area contributed by atoms with Gasteiger partial charge in [0.25, 0.3) is 0 Å². The van der Waals surface area contributed by atoms with Crippen LogP contribution in [0.4, 0.5) is 5.69 Å². The number of anilines is 1. The van der Waals surface area contributed by atoms with E-state index < -0.39 is 0 Å². The molecule has 1 aliphatic rings. The molecule has 1 amide bonds. The van der Waals surface area contributed by atoms with Gasteiger partial charge in [0.15, 0.2) is 0 Å². The van der Waals surface area contributed by atoms with Crippen molar-refractivity contribution >= 4 is 11.6 Å². The Morgan fingerprint density at radius 3 is 2.75 bits per heavy atom. The quantitative estimate of drug-likeness (QED) is 0.815. The topological polar surface area (TPSA) is 49.3 Å². The normalized spacial score (nSPS) is 14.3. The standard InChI is InChI=1S/C13H17NO2/c15-8-7-13(16)14-12-6-5-10-3-1-2-4-11(10)9-12/h5-6,9,15H,1-4,7-8H2,(H,14,16). The Hall–Kier alpha value is -1.35. The van der Waals surface area contributed by atoms with E-state index in [1.54, 1.807) is 0 Å². The Morgan fingerprint density at radius 1 is 1.25 bits per heavy atom. The fourth-order valence-corrected chi connectivity index (χ4v) is 2.14. The summed E-state index contributed by atoms with van der Waals surface area (Å²) in [5.74, 6) is -0.127. The summed E-state index contributed by atoms with van der Waals surface area (Å²) in [4.78, 5) is 11.3. The van der Waals surface area contributed by atoms with Crippen molar-refractivity contribution in [2.75, 3.05) is 11.9 Å². The smallest absolute Gasteiger partial charge is 0.226 e. The van der Waals surface area contributed by atoms with Gasteiger partial charge in [0.05, 0.1) is 13.0 Å². The Morgan fingerprint density at radius 2 is 2.00 bits per heavy atom. The minimum Gasteiger partial charge on any atom is -0.396 e. The van der Waals surface area contributed by atoms with E-state index in [1.807, 2.05) is 6.07 Å². The highest BCUT2D eigenvalue weighted by atomic mass is 16.3. The van der Waals surface area contributed by atoms with Crippen molar-refractivity contribution in [2.24, 2.45) is 0 Å². The van der Waals surface area contributed by atoms with E-state index >= 15 is 0 Å². The van der Waals surface area contributed by atoms with Gasteiger partial charge in [-0.25, -0.2) is 0 Å². The molecule has 0 fully saturated rings. The summed E-state index contributed by atoms with van der Waals surface area (Å²) in [5, 5.41) is 11.4. The first-order valence-electron chi connectivity index (χ1n) is 5.82. The van der Waals surface area contributed by atoms with Gasteiger partial charge in [-0.05, 0) is 48.9 Å². The fourth-order valence-electron chi connectivity index (χ4n) is 2.14. The number of hydrogen-bond donors (Lipinski definition) is 2. The monoisotopic (exact) mass is 219 g/mol. The van der Waals surface area contributed by atoms with Crippen LogP contribution >= 0.6 is 0 Å². The number of aliphatic hydroxyl groups excluding tert-OH is 1. The van der Waals surface area contributed by atoms with Gasteiger partial charge in [-0.15, -0.1) is 0 Å². The van der Waals surface area contributed by atoms with Gasteiger partial charge in [-0.2, -0.15) is 0 Å². The molecule has 0 atom stereocenters. The molecule has 0 aromatic heterocycles. The molecule has 0 radical (unpaired) electrons. The number of hydrogen-bond acceptors (Lipinski definition) is 2. The van der Waals surface area contributed by atoms with Crippen LogP contribution in [-0.2, 0) is 17.6 Å². The molecule has 0 unspecified atom stereocenters. The van der Waals surface area contributed by atoms with Crippen molar-refractivity contribution in [3.05, 3.63) is 29.3 Å². The highest BCUT2D eigenvalue weighted by Crippen LogP contribution is 2.24. The lowest BCUT2D eigenvalue weighted by atomic mass is 9.91. The number of benzene rings is 1. The maximum absolute atomic E-state index is 11.3. The van der Waals surface area contributed by atoms with E-state index in [1.165, 1.54) is 24.0 Å². The molecule has 0 saturated heterocycles. The summed E-state index contributed by atoms with van der Waals surface area (Å²) in [7, 11) is 0. The largest absolute Gasteiger partial charge is 0.396 e. The second kappa shape index (κ2) is 5.12. The predicted molar refractivity (Wildman–Crippen MR) is 63.4 cm³/mol. The maximum Gasteiger partial charge on any atom is 0.226 e. The zero-order chi connectivity index (χ0) is 11.4. The van der Waals surface area contributed by atoms with E-state index in [2.05, 4.69) is 17.4 Å². The van der Waals surface area contributed by atoms with Crippen molar-refractivity contribution in [1.29, 1.82) is 0 Å². The highest BCUT2D eigenvalue weighted by molar-refractivity contribution is 5.90. The zero-order valence-electron chi connectivity index (χ0n) is 9.33. The van der Waals surface area contributed by atoms with Crippen LogP contribution < -0.4 is 5.32 Å². The minimum absolute atomic E-state index is 0.100. The average Bonchev–Trinajstić information content (AvgIpc) is 2.29. The predicted octanol–water partition coefficient (Wildman–Crippen LogP) is 1.89. The van der Waals surface area contributed by atoms with Gasteiger partial charge in [-0.1, -0.05) is 6.07 Å². The average molecular weight is 219 g/mol. The number of aliphatic hydroxyl groups is 1. The van der Waals surface area contributed by atoms with Crippen LogP contribution in [0.15, 0.2) is 18.2 Å². The lowest BCUT2D eigenvalue weighted by Crippen LogP contribution is -2.13. The van der Waals surface area contributed by atoms with Crippen molar-refractivity contribution in [1.82, 2.24) is 0 Å². The van der Waals surface area contributed by atoms with Crippen LogP contribution in [0.25, 0.3) is 0 Å². The summed E-state index contributed by atoms with van der Waals surface area (Å²) in [5.41, 5.74) is 3.61. The molecule has 0 aliphatic heterocycles. The minimum atomic E-state index is -0.127. The third-order valence-corrected chi connectivity index (χ3v) is 2.97. The number of aryl methyl sites for hydroxylation is 2. The molecule has 1 aromatic rings. The molecule has 0 bridgehead atoms. The summed E-state index contributed by atoms with van der Waals surface area (Å²) in [6, 6.07) is 6.10.